The first-order chi connectivity index (χ1) is 10.1. The van der Waals surface area contributed by atoms with E-state index in [1.807, 2.05) is 36.1 Å². The van der Waals surface area contributed by atoms with Crippen LogP contribution in [-0.2, 0) is 18.4 Å². The number of hydrogen-bond acceptors (Lipinski definition) is 4. The zero-order valence-corrected chi connectivity index (χ0v) is 11.5. The summed E-state index contributed by atoms with van der Waals surface area (Å²) >= 11 is 0. The Hall–Kier alpha value is -2.83. The van der Waals surface area contributed by atoms with Crippen molar-refractivity contribution in [3.63, 3.8) is 0 Å². The standard InChI is InChI=1S/C14H13N5O2/c1-18-14-11(8-17-18)13(15-9-16-14)10-2-5-19(6-3-10)7-4-12(20)21/h2-3,5-6,8-9H,4,7H2,1H3/p+1. The molecule has 7 nitrogen and oxygen atoms in total. The van der Waals surface area contributed by atoms with Crippen LogP contribution in [0.15, 0.2) is 37.1 Å². The van der Waals surface area contributed by atoms with Gasteiger partial charge in [-0.25, -0.2) is 14.5 Å². The summed E-state index contributed by atoms with van der Waals surface area (Å²) in [4.78, 5) is 19.1. The van der Waals surface area contributed by atoms with Crippen LogP contribution in [0.1, 0.15) is 6.42 Å². The maximum Gasteiger partial charge on any atom is 0.309 e. The second-order valence-electron chi connectivity index (χ2n) is 4.70. The lowest BCUT2D eigenvalue weighted by Gasteiger charge is -2.01. The van der Waals surface area contributed by atoms with E-state index in [4.69, 9.17) is 5.11 Å². The van der Waals surface area contributed by atoms with Crippen LogP contribution in [0.3, 0.4) is 0 Å². The molecule has 3 rings (SSSR count). The molecule has 3 heterocycles. The molecule has 0 bridgehead atoms. The Morgan fingerprint density at radius 2 is 2.10 bits per heavy atom. The number of pyridine rings is 1. The molecule has 0 atom stereocenters. The lowest BCUT2D eigenvalue weighted by Crippen LogP contribution is -2.33. The van der Waals surface area contributed by atoms with Gasteiger partial charge in [0.2, 0.25) is 0 Å². The summed E-state index contributed by atoms with van der Waals surface area (Å²) in [5.41, 5.74) is 2.54. The summed E-state index contributed by atoms with van der Waals surface area (Å²) in [5.74, 6) is -0.806. The smallest absolute Gasteiger partial charge is 0.309 e. The van der Waals surface area contributed by atoms with Crippen LogP contribution in [0.25, 0.3) is 22.3 Å². The topological polar surface area (TPSA) is 84.8 Å². The molecule has 0 saturated heterocycles. The molecule has 0 fully saturated rings. The summed E-state index contributed by atoms with van der Waals surface area (Å²) in [5, 5.41) is 13.8. The highest BCUT2D eigenvalue weighted by molar-refractivity contribution is 5.89. The molecular weight excluding hydrogens is 270 g/mol. The number of carbonyl (C=O) groups is 1. The molecular formula is C14H14N5O2+. The van der Waals surface area contributed by atoms with E-state index in [0.717, 1.165) is 22.3 Å². The molecule has 0 aromatic carbocycles. The maximum atomic E-state index is 10.6. The van der Waals surface area contributed by atoms with Gasteiger partial charge in [0.05, 0.1) is 17.3 Å². The Bertz CT molecular complexity index is 795. The first kappa shape index (κ1) is 13.2. The summed E-state index contributed by atoms with van der Waals surface area (Å²) in [7, 11) is 1.84. The van der Waals surface area contributed by atoms with Crippen molar-refractivity contribution >= 4 is 17.0 Å². The molecule has 106 valence electrons. The zero-order chi connectivity index (χ0) is 14.8. The molecule has 3 aromatic heterocycles. The number of hydrogen-bond donors (Lipinski definition) is 1. The van der Waals surface area contributed by atoms with Crippen molar-refractivity contribution in [3.8, 4) is 11.3 Å². The Kier molecular flexibility index (Phi) is 3.31. The van der Waals surface area contributed by atoms with Gasteiger partial charge in [-0.2, -0.15) is 5.10 Å². The van der Waals surface area contributed by atoms with Crippen molar-refractivity contribution in [1.82, 2.24) is 19.7 Å². The monoisotopic (exact) mass is 284 g/mol. The predicted octanol–water partition coefficient (Wildman–Crippen LogP) is 0.792. The van der Waals surface area contributed by atoms with Crippen LogP contribution in [-0.4, -0.2) is 30.8 Å². The van der Waals surface area contributed by atoms with Gasteiger partial charge in [0.15, 0.2) is 24.6 Å². The molecule has 3 aromatic rings. The van der Waals surface area contributed by atoms with Crippen LogP contribution in [0.4, 0.5) is 0 Å². The molecule has 7 heteroatoms. The second kappa shape index (κ2) is 5.28. The van der Waals surface area contributed by atoms with Crippen molar-refractivity contribution < 1.29 is 14.5 Å². The van der Waals surface area contributed by atoms with Gasteiger partial charge in [-0.3, -0.25) is 9.48 Å². The summed E-state index contributed by atoms with van der Waals surface area (Å²) < 4.78 is 3.54. The van der Waals surface area contributed by atoms with Gasteiger partial charge >= 0.3 is 5.97 Å². The van der Waals surface area contributed by atoms with E-state index in [0.29, 0.717) is 6.54 Å². The third kappa shape index (κ3) is 2.58. The Morgan fingerprint density at radius 1 is 1.33 bits per heavy atom. The van der Waals surface area contributed by atoms with E-state index >= 15 is 0 Å². The van der Waals surface area contributed by atoms with E-state index in [-0.39, 0.29) is 6.42 Å². The maximum absolute atomic E-state index is 10.6. The van der Waals surface area contributed by atoms with Gasteiger partial charge in [-0.05, 0) is 0 Å². The summed E-state index contributed by atoms with van der Waals surface area (Å²) in [6, 6.07) is 3.83. The minimum Gasteiger partial charge on any atom is -0.481 e. The Morgan fingerprint density at radius 3 is 2.81 bits per heavy atom. The van der Waals surface area contributed by atoms with E-state index in [9.17, 15) is 4.79 Å². The Balaban J connectivity index is 1.94. The molecule has 0 radical (unpaired) electrons. The average molecular weight is 284 g/mol. The van der Waals surface area contributed by atoms with Crippen molar-refractivity contribution in [2.75, 3.05) is 0 Å². The molecule has 0 aliphatic heterocycles. The fourth-order valence-corrected chi connectivity index (χ4v) is 2.18. The van der Waals surface area contributed by atoms with Crippen molar-refractivity contribution in [2.24, 2.45) is 7.05 Å². The molecule has 0 saturated carbocycles. The van der Waals surface area contributed by atoms with Crippen LogP contribution >= 0.6 is 0 Å². The predicted molar refractivity (Wildman–Crippen MR) is 74.2 cm³/mol. The van der Waals surface area contributed by atoms with E-state index in [1.165, 1.54) is 6.33 Å². The molecule has 0 aliphatic rings. The Labute approximate surface area is 120 Å². The first-order valence-electron chi connectivity index (χ1n) is 6.49. The van der Waals surface area contributed by atoms with E-state index in [2.05, 4.69) is 15.1 Å². The molecule has 0 amide bonds. The number of carboxylic acid groups (broad SMARTS) is 1. The normalized spacial score (nSPS) is 10.9. The van der Waals surface area contributed by atoms with Crippen LogP contribution in [0.5, 0.6) is 0 Å². The summed E-state index contributed by atoms with van der Waals surface area (Å²) in [6.45, 7) is 0.446. The van der Waals surface area contributed by atoms with Crippen molar-refractivity contribution in [3.05, 3.63) is 37.1 Å². The number of fused-ring (bicyclic) bond motifs is 1. The van der Waals surface area contributed by atoms with Crippen LogP contribution in [0.2, 0.25) is 0 Å². The third-order valence-corrected chi connectivity index (χ3v) is 3.28. The quantitative estimate of drug-likeness (QED) is 0.716. The van der Waals surface area contributed by atoms with Gasteiger partial charge < -0.3 is 5.11 Å². The summed E-state index contributed by atoms with van der Waals surface area (Å²) in [6.07, 6.45) is 7.07. The number of carboxylic acids is 1. The van der Waals surface area contributed by atoms with Crippen molar-refractivity contribution in [2.45, 2.75) is 13.0 Å². The van der Waals surface area contributed by atoms with Gasteiger partial charge in [0, 0.05) is 24.7 Å². The molecule has 0 spiro atoms. The van der Waals surface area contributed by atoms with Crippen molar-refractivity contribution in [1.29, 1.82) is 0 Å². The van der Waals surface area contributed by atoms with E-state index in [1.54, 1.807) is 10.9 Å². The highest BCUT2D eigenvalue weighted by atomic mass is 16.4. The molecule has 1 N–H and O–H groups in total. The fraction of sp³-hybridized carbons (Fsp3) is 0.214. The minimum absolute atomic E-state index is 0.102. The molecule has 0 unspecified atom stereocenters. The average Bonchev–Trinajstić information content (AvgIpc) is 2.87. The fourth-order valence-electron chi connectivity index (χ4n) is 2.18. The number of aromatic nitrogens is 5. The lowest BCUT2D eigenvalue weighted by atomic mass is 10.1. The number of aliphatic carboxylic acids is 1. The third-order valence-electron chi connectivity index (χ3n) is 3.28. The number of nitrogens with zero attached hydrogens (tertiary/aromatic N) is 5. The molecule has 0 aliphatic carbocycles. The van der Waals surface area contributed by atoms with Gasteiger partial charge in [-0.1, -0.05) is 0 Å². The van der Waals surface area contributed by atoms with Gasteiger partial charge in [-0.15, -0.1) is 0 Å². The number of aryl methyl sites for hydroxylation is 2. The SMILES string of the molecule is Cn1ncc2c(-c3cc[n+](CCC(=O)O)cc3)ncnc21. The largest absolute Gasteiger partial charge is 0.481 e. The highest BCUT2D eigenvalue weighted by Crippen LogP contribution is 2.23. The number of rotatable bonds is 4. The highest BCUT2D eigenvalue weighted by Gasteiger charge is 2.11. The minimum atomic E-state index is -0.806. The van der Waals surface area contributed by atoms with Gasteiger partial charge in [0.25, 0.3) is 0 Å². The lowest BCUT2D eigenvalue weighted by molar-refractivity contribution is -0.695. The second-order valence-corrected chi connectivity index (χ2v) is 4.70. The van der Waals surface area contributed by atoms with Crippen LogP contribution in [0, 0.1) is 0 Å². The zero-order valence-electron chi connectivity index (χ0n) is 11.5. The first-order valence-corrected chi connectivity index (χ1v) is 6.49. The van der Waals surface area contributed by atoms with E-state index < -0.39 is 5.97 Å². The van der Waals surface area contributed by atoms with Gasteiger partial charge in [0.1, 0.15) is 12.7 Å². The van der Waals surface area contributed by atoms with Crippen LogP contribution < -0.4 is 4.57 Å². The molecule has 21 heavy (non-hydrogen) atoms.